The van der Waals surface area contributed by atoms with E-state index < -0.39 is 0 Å². The van der Waals surface area contributed by atoms with E-state index in [2.05, 4.69) is 10.1 Å². The number of aliphatic imine (C=N–C) groups is 1. The van der Waals surface area contributed by atoms with Crippen molar-refractivity contribution in [2.45, 2.75) is 58.3 Å². The molecule has 0 bridgehead atoms. The van der Waals surface area contributed by atoms with E-state index in [0.29, 0.717) is 54.1 Å². The minimum absolute atomic E-state index is 0.00296. The fourth-order valence-corrected chi connectivity index (χ4v) is 5.35. The van der Waals surface area contributed by atoms with E-state index in [4.69, 9.17) is 4.52 Å². The second kappa shape index (κ2) is 9.81. The van der Waals surface area contributed by atoms with Crippen molar-refractivity contribution in [3.8, 4) is 5.75 Å². The summed E-state index contributed by atoms with van der Waals surface area (Å²) in [7, 11) is 0. The molecule has 1 heterocycles. The number of aliphatic hydroxyl groups is 1. The number of carbonyl (C=O) groups is 2. The monoisotopic (exact) mass is 498 g/mol. The zero-order chi connectivity index (χ0) is 26.2. The molecule has 1 unspecified atom stereocenters. The van der Waals surface area contributed by atoms with Crippen LogP contribution < -0.4 is 0 Å². The summed E-state index contributed by atoms with van der Waals surface area (Å²) in [5, 5.41) is 25.6. The van der Waals surface area contributed by atoms with Gasteiger partial charge in [0.1, 0.15) is 23.0 Å². The van der Waals surface area contributed by atoms with Crippen LogP contribution in [0.25, 0.3) is 0 Å². The number of aromatic hydroxyl groups is 1. The first-order chi connectivity index (χ1) is 17.7. The molecule has 7 heteroatoms. The summed E-state index contributed by atoms with van der Waals surface area (Å²) in [5.41, 5.74) is 2.71. The molecular formula is C30H30N2O5. The number of para-hydroxylation sites is 2. The standard InChI is InChI=1S/C30H30N2O5/c1-30(2)16-26(36)29-22(32-37-27(29)17-30)13-12-21(31-20-10-6-7-11-23(20)33)28-24(34)14-19(15-25(28)35)18-8-4-3-5-9-18/h3-11,19,33-34H,12-17H2,1-2H3. The van der Waals surface area contributed by atoms with Crippen LogP contribution in [-0.4, -0.2) is 32.6 Å². The van der Waals surface area contributed by atoms with Crippen molar-refractivity contribution >= 4 is 23.0 Å². The number of Topliss-reactive ketones (excluding diaryl/α,β-unsaturated/α-hetero) is 2. The van der Waals surface area contributed by atoms with Gasteiger partial charge in [0, 0.05) is 25.7 Å². The zero-order valence-corrected chi connectivity index (χ0v) is 21.0. The number of rotatable bonds is 6. The highest BCUT2D eigenvalue weighted by molar-refractivity contribution is 6.24. The third kappa shape index (κ3) is 5.12. The van der Waals surface area contributed by atoms with E-state index in [1.54, 1.807) is 18.2 Å². The lowest BCUT2D eigenvalue weighted by molar-refractivity contribution is -0.116. The Morgan fingerprint density at radius 3 is 2.46 bits per heavy atom. The molecule has 3 aromatic rings. The molecule has 7 nitrogen and oxygen atoms in total. The van der Waals surface area contributed by atoms with Gasteiger partial charge in [0.25, 0.3) is 0 Å². The van der Waals surface area contributed by atoms with Crippen molar-refractivity contribution < 1.29 is 24.3 Å². The number of phenolic OH excluding ortho intramolecular Hbond substituents is 1. The Hall–Kier alpha value is -4.00. The van der Waals surface area contributed by atoms with Gasteiger partial charge in [0.2, 0.25) is 0 Å². The summed E-state index contributed by atoms with van der Waals surface area (Å²) < 4.78 is 5.53. The summed E-state index contributed by atoms with van der Waals surface area (Å²) in [4.78, 5) is 30.9. The quantitative estimate of drug-likeness (QED) is 0.391. The summed E-state index contributed by atoms with van der Waals surface area (Å²) in [6.45, 7) is 4.06. The highest BCUT2D eigenvalue weighted by Gasteiger charge is 2.37. The molecule has 0 fully saturated rings. The number of aromatic nitrogens is 1. The first-order valence-corrected chi connectivity index (χ1v) is 12.6. The minimum Gasteiger partial charge on any atom is -0.511 e. The molecule has 37 heavy (non-hydrogen) atoms. The molecule has 2 N–H and O–H groups in total. The smallest absolute Gasteiger partial charge is 0.168 e. The molecule has 2 aromatic carbocycles. The van der Waals surface area contributed by atoms with Crippen molar-refractivity contribution in [1.29, 1.82) is 0 Å². The normalized spacial score (nSPS) is 19.7. The van der Waals surface area contributed by atoms with Gasteiger partial charge in [-0.05, 0) is 41.9 Å². The number of ketones is 2. The Morgan fingerprint density at radius 1 is 1.00 bits per heavy atom. The van der Waals surface area contributed by atoms with Crippen LogP contribution >= 0.6 is 0 Å². The lowest BCUT2D eigenvalue weighted by Gasteiger charge is -2.26. The molecule has 1 aromatic heterocycles. The molecule has 0 spiro atoms. The van der Waals surface area contributed by atoms with E-state index in [1.165, 1.54) is 6.07 Å². The van der Waals surface area contributed by atoms with Crippen LogP contribution in [0, 0.1) is 5.41 Å². The number of hydrogen-bond acceptors (Lipinski definition) is 7. The average Bonchev–Trinajstić information content (AvgIpc) is 3.25. The number of phenols is 1. The van der Waals surface area contributed by atoms with Crippen LogP contribution in [0.5, 0.6) is 5.75 Å². The molecule has 190 valence electrons. The van der Waals surface area contributed by atoms with E-state index in [-0.39, 0.29) is 52.8 Å². The number of carbonyl (C=O) groups excluding carboxylic acids is 2. The van der Waals surface area contributed by atoms with Gasteiger partial charge in [0.15, 0.2) is 11.6 Å². The molecule has 0 radical (unpaired) electrons. The number of benzene rings is 2. The van der Waals surface area contributed by atoms with E-state index in [0.717, 1.165) is 5.56 Å². The lowest BCUT2D eigenvalue weighted by Crippen LogP contribution is -2.27. The van der Waals surface area contributed by atoms with Gasteiger partial charge in [-0.3, -0.25) is 9.59 Å². The van der Waals surface area contributed by atoms with Crippen LogP contribution in [0.1, 0.15) is 72.8 Å². The maximum atomic E-state index is 13.4. The SMILES string of the molecule is CC1(C)CC(=O)c2c(CCC(=Nc3ccccc3O)C3=C(O)CC(c4ccccc4)CC3=O)noc2C1. The number of allylic oxidation sites excluding steroid dienone is 2. The predicted octanol–water partition coefficient (Wildman–Crippen LogP) is 6.20. The number of hydrogen-bond donors (Lipinski definition) is 2. The Morgan fingerprint density at radius 2 is 1.73 bits per heavy atom. The number of aliphatic hydroxyl groups excluding tert-OH is 1. The van der Waals surface area contributed by atoms with E-state index >= 15 is 0 Å². The second-order valence-corrected chi connectivity index (χ2v) is 10.7. The van der Waals surface area contributed by atoms with Crippen molar-refractivity contribution in [3.05, 3.63) is 88.5 Å². The highest BCUT2D eigenvalue weighted by Crippen LogP contribution is 2.38. The van der Waals surface area contributed by atoms with Crippen molar-refractivity contribution in [1.82, 2.24) is 5.16 Å². The molecule has 0 amide bonds. The highest BCUT2D eigenvalue weighted by atomic mass is 16.5. The van der Waals surface area contributed by atoms with Crippen LogP contribution in [-0.2, 0) is 17.6 Å². The van der Waals surface area contributed by atoms with Crippen molar-refractivity contribution in [2.75, 3.05) is 0 Å². The van der Waals surface area contributed by atoms with E-state index in [1.807, 2.05) is 44.2 Å². The minimum atomic E-state index is -0.202. The number of aryl methyl sites for hydroxylation is 1. The maximum absolute atomic E-state index is 13.4. The van der Waals surface area contributed by atoms with Gasteiger partial charge in [0.05, 0.1) is 22.5 Å². The lowest BCUT2D eigenvalue weighted by atomic mass is 9.75. The Bertz CT molecular complexity index is 1410. The third-order valence-corrected chi connectivity index (χ3v) is 7.12. The van der Waals surface area contributed by atoms with Crippen LogP contribution in [0.2, 0.25) is 0 Å². The van der Waals surface area contributed by atoms with E-state index in [9.17, 15) is 19.8 Å². The Balaban J connectivity index is 1.48. The second-order valence-electron chi connectivity index (χ2n) is 10.7. The first kappa shape index (κ1) is 24.7. The van der Waals surface area contributed by atoms with Gasteiger partial charge >= 0.3 is 0 Å². The molecule has 1 atom stereocenters. The molecule has 0 aliphatic heterocycles. The van der Waals surface area contributed by atoms with Gasteiger partial charge in [-0.2, -0.15) is 0 Å². The summed E-state index contributed by atoms with van der Waals surface area (Å²) in [6.07, 6.45) is 2.16. The van der Waals surface area contributed by atoms with Crippen LogP contribution in [0.4, 0.5) is 5.69 Å². The largest absolute Gasteiger partial charge is 0.511 e. The maximum Gasteiger partial charge on any atom is 0.168 e. The van der Waals surface area contributed by atoms with Crippen molar-refractivity contribution in [3.63, 3.8) is 0 Å². The average molecular weight is 499 g/mol. The molecule has 2 aliphatic rings. The fourth-order valence-electron chi connectivity index (χ4n) is 5.35. The number of fused-ring (bicyclic) bond motifs is 1. The molecule has 0 saturated heterocycles. The summed E-state index contributed by atoms with van der Waals surface area (Å²) >= 11 is 0. The van der Waals surface area contributed by atoms with Gasteiger partial charge < -0.3 is 14.7 Å². The van der Waals surface area contributed by atoms with Crippen LogP contribution in [0.3, 0.4) is 0 Å². The fraction of sp³-hybridized carbons (Fsp3) is 0.333. The van der Waals surface area contributed by atoms with Gasteiger partial charge in [-0.25, -0.2) is 4.99 Å². The molecule has 2 aliphatic carbocycles. The first-order valence-electron chi connectivity index (χ1n) is 12.6. The third-order valence-electron chi connectivity index (χ3n) is 7.12. The zero-order valence-electron chi connectivity index (χ0n) is 21.0. The molecular weight excluding hydrogens is 468 g/mol. The van der Waals surface area contributed by atoms with Crippen molar-refractivity contribution in [2.24, 2.45) is 10.4 Å². The Kier molecular flexibility index (Phi) is 6.54. The van der Waals surface area contributed by atoms with Gasteiger partial charge in [-0.1, -0.05) is 61.5 Å². The van der Waals surface area contributed by atoms with Gasteiger partial charge in [-0.15, -0.1) is 0 Å². The molecule has 5 rings (SSSR count). The Labute approximate surface area is 215 Å². The van der Waals surface area contributed by atoms with Crippen LogP contribution in [0.15, 0.2) is 75.4 Å². The number of nitrogens with zero attached hydrogens (tertiary/aromatic N) is 2. The topological polar surface area (TPSA) is 113 Å². The summed E-state index contributed by atoms with van der Waals surface area (Å²) in [6, 6.07) is 16.3. The molecule has 0 saturated carbocycles. The summed E-state index contributed by atoms with van der Waals surface area (Å²) in [5.74, 6) is 0.236. The predicted molar refractivity (Wildman–Crippen MR) is 140 cm³/mol.